The Kier molecular flexibility index (Phi) is 9.48. The lowest BCUT2D eigenvalue weighted by atomic mass is 9.71. The van der Waals surface area contributed by atoms with Gasteiger partial charge in [0.2, 0.25) is 0 Å². The molecule has 1 atom stereocenters. The van der Waals surface area contributed by atoms with Gasteiger partial charge in [-0.25, -0.2) is 0 Å². The quantitative estimate of drug-likeness (QED) is 0.542. The number of aliphatic hydroxyl groups excluding tert-OH is 2. The molecule has 2 nitrogen and oxygen atoms in total. The van der Waals surface area contributed by atoms with Crippen molar-refractivity contribution in [1.29, 1.82) is 0 Å². The van der Waals surface area contributed by atoms with E-state index in [0.29, 0.717) is 0 Å². The molecule has 0 amide bonds. The molecule has 0 saturated heterocycles. The standard InChI is InChI=1S/C25H36O2/c1-19(10-7-8-11-21(3)18-26)12-9-13-20(2)14-15-24-22(4)16-23(27)17-25(24,5)6/h7-15,23,26-27H,16-18H2,1-6H3/b8-7+,12-9+,15-14+,19-10+,20-13+,21-11+/t23-/m1/s1. The third-order valence-electron chi connectivity index (χ3n) is 4.81. The Labute approximate surface area is 165 Å². The first-order valence-electron chi connectivity index (χ1n) is 9.68. The van der Waals surface area contributed by atoms with Crippen LogP contribution in [0.15, 0.2) is 82.5 Å². The van der Waals surface area contributed by atoms with Gasteiger partial charge in [0.1, 0.15) is 0 Å². The molecule has 0 heterocycles. The summed E-state index contributed by atoms with van der Waals surface area (Å²) in [4.78, 5) is 0. The minimum Gasteiger partial charge on any atom is -0.393 e. The van der Waals surface area contributed by atoms with E-state index in [-0.39, 0.29) is 18.1 Å². The van der Waals surface area contributed by atoms with Crippen molar-refractivity contribution in [2.24, 2.45) is 5.41 Å². The van der Waals surface area contributed by atoms with E-state index in [4.69, 9.17) is 5.11 Å². The van der Waals surface area contributed by atoms with E-state index in [1.165, 1.54) is 16.7 Å². The molecule has 2 N–H and O–H groups in total. The topological polar surface area (TPSA) is 40.5 Å². The second-order valence-electron chi connectivity index (χ2n) is 8.21. The molecule has 0 aromatic rings. The fraction of sp³-hybridized carbons (Fsp3) is 0.440. The lowest BCUT2D eigenvalue weighted by molar-refractivity contribution is 0.116. The van der Waals surface area contributed by atoms with Crippen LogP contribution in [-0.4, -0.2) is 22.9 Å². The first-order valence-corrected chi connectivity index (χ1v) is 9.68. The van der Waals surface area contributed by atoms with Crippen LogP contribution in [0.25, 0.3) is 0 Å². The molecule has 0 spiro atoms. The van der Waals surface area contributed by atoms with Gasteiger partial charge in [-0.1, -0.05) is 85.3 Å². The zero-order valence-electron chi connectivity index (χ0n) is 17.8. The van der Waals surface area contributed by atoms with Crippen LogP contribution in [0.1, 0.15) is 54.4 Å². The van der Waals surface area contributed by atoms with Crippen LogP contribution in [0.2, 0.25) is 0 Å². The Morgan fingerprint density at radius 3 is 2.22 bits per heavy atom. The summed E-state index contributed by atoms with van der Waals surface area (Å²) < 4.78 is 0. The summed E-state index contributed by atoms with van der Waals surface area (Å²) in [5.74, 6) is 0. The van der Waals surface area contributed by atoms with E-state index in [2.05, 4.69) is 65.0 Å². The van der Waals surface area contributed by atoms with E-state index in [9.17, 15) is 5.11 Å². The molecule has 0 fully saturated rings. The third-order valence-corrected chi connectivity index (χ3v) is 4.81. The van der Waals surface area contributed by atoms with E-state index in [0.717, 1.165) is 24.0 Å². The normalized spacial score (nSPS) is 22.7. The SMILES string of the molecule is CC1=C(/C=C/C(C)=C/C=C/C(C)=C/C=C/C=C(\C)CO)C(C)(C)C[C@H](O)C1. The van der Waals surface area contributed by atoms with Gasteiger partial charge in [0.15, 0.2) is 0 Å². The highest BCUT2D eigenvalue weighted by molar-refractivity contribution is 5.37. The van der Waals surface area contributed by atoms with Crippen molar-refractivity contribution in [1.82, 2.24) is 0 Å². The minimum atomic E-state index is -0.219. The van der Waals surface area contributed by atoms with Gasteiger partial charge in [-0.15, -0.1) is 0 Å². The minimum absolute atomic E-state index is 0.0167. The van der Waals surface area contributed by atoms with Gasteiger partial charge in [-0.05, 0) is 57.1 Å². The molecular weight excluding hydrogens is 332 g/mol. The fourth-order valence-electron chi connectivity index (χ4n) is 3.34. The van der Waals surface area contributed by atoms with Crippen LogP contribution in [-0.2, 0) is 0 Å². The molecule has 148 valence electrons. The Morgan fingerprint density at radius 1 is 1.00 bits per heavy atom. The molecule has 2 heteroatoms. The highest BCUT2D eigenvalue weighted by Crippen LogP contribution is 2.40. The number of rotatable bonds is 7. The lowest BCUT2D eigenvalue weighted by Crippen LogP contribution is -2.28. The molecule has 1 aliphatic carbocycles. The Hall–Kier alpha value is -1.90. The van der Waals surface area contributed by atoms with Crippen molar-refractivity contribution in [2.75, 3.05) is 6.61 Å². The maximum atomic E-state index is 9.99. The number of hydrogen-bond acceptors (Lipinski definition) is 2. The average Bonchev–Trinajstić information content (AvgIpc) is 2.56. The van der Waals surface area contributed by atoms with Gasteiger partial charge in [0.25, 0.3) is 0 Å². The molecule has 0 radical (unpaired) electrons. The zero-order chi connectivity index (χ0) is 20.4. The predicted octanol–water partition coefficient (Wildman–Crippen LogP) is 5.98. The van der Waals surface area contributed by atoms with E-state index < -0.39 is 0 Å². The first-order chi connectivity index (χ1) is 12.7. The van der Waals surface area contributed by atoms with Crippen molar-refractivity contribution in [2.45, 2.75) is 60.5 Å². The maximum absolute atomic E-state index is 9.99. The molecular formula is C25H36O2. The smallest absolute Gasteiger partial charge is 0.0642 e. The Morgan fingerprint density at radius 2 is 1.59 bits per heavy atom. The van der Waals surface area contributed by atoms with E-state index >= 15 is 0 Å². The molecule has 1 aliphatic rings. The Balaban J connectivity index is 2.73. The highest BCUT2D eigenvalue weighted by atomic mass is 16.3. The van der Waals surface area contributed by atoms with Crippen LogP contribution >= 0.6 is 0 Å². The van der Waals surface area contributed by atoms with Crippen molar-refractivity contribution < 1.29 is 10.2 Å². The van der Waals surface area contributed by atoms with Gasteiger partial charge >= 0.3 is 0 Å². The van der Waals surface area contributed by atoms with Crippen molar-refractivity contribution in [3.63, 3.8) is 0 Å². The second-order valence-corrected chi connectivity index (χ2v) is 8.21. The summed E-state index contributed by atoms with van der Waals surface area (Å²) in [6.45, 7) is 12.7. The molecule has 0 aliphatic heterocycles. The van der Waals surface area contributed by atoms with Crippen LogP contribution < -0.4 is 0 Å². The van der Waals surface area contributed by atoms with E-state index in [1.54, 1.807) is 0 Å². The van der Waals surface area contributed by atoms with Crippen LogP contribution in [0, 0.1) is 5.41 Å². The summed E-state index contributed by atoms with van der Waals surface area (Å²) in [6, 6.07) is 0. The van der Waals surface area contributed by atoms with E-state index in [1.807, 2.05) is 31.2 Å². The van der Waals surface area contributed by atoms with Gasteiger partial charge in [-0.2, -0.15) is 0 Å². The first kappa shape index (κ1) is 23.1. The molecule has 0 unspecified atom stereocenters. The molecule has 27 heavy (non-hydrogen) atoms. The average molecular weight is 369 g/mol. The van der Waals surface area contributed by atoms with Gasteiger partial charge < -0.3 is 10.2 Å². The summed E-state index contributed by atoms with van der Waals surface area (Å²) in [5, 5.41) is 18.9. The number of hydrogen-bond donors (Lipinski definition) is 2. The van der Waals surface area contributed by atoms with Crippen molar-refractivity contribution in [3.8, 4) is 0 Å². The summed E-state index contributed by atoms with van der Waals surface area (Å²) in [5.41, 5.74) is 5.95. The van der Waals surface area contributed by atoms with Gasteiger partial charge in [-0.3, -0.25) is 0 Å². The molecule has 0 aromatic heterocycles. The monoisotopic (exact) mass is 368 g/mol. The molecule has 0 saturated carbocycles. The number of aliphatic hydroxyl groups is 2. The maximum Gasteiger partial charge on any atom is 0.0642 e. The summed E-state index contributed by atoms with van der Waals surface area (Å²) in [6.07, 6.45) is 19.8. The van der Waals surface area contributed by atoms with Gasteiger partial charge in [0, 0.05) is 0 Å². The van der Waals surface area contributed by atoms with Crippen LogP contribution in [0.3, 0.4) is 0 Å². The summed E-state index contributed by atoms with van der Waals surface area (Å²) in [7, 11) is 0. The lowest BCUT2D eigenvalue weighted by Gasteiger charge is -2.35. The molecule has 1 rings (SSSR count). The third kappa shape index (κ3) is 8.55. The van der Waals surface area contributed by atoms with Crippen molar-refractivity contribution >= 4 is 0 Å². The van der Waals surface area contributed by atoms with Gasteiger partial charge in [0.05, 0.1) is 12.7 Å². The largest absolute Gasteiger partial charge is 0.393 e. The molecule has 0 bridgehead atoms. The predicted molar refractivity (Wildman–Crippen MR) is 117 cm³/mol. The Bertz CT molecular complexity index is 707. The zero-order valence-corrected chi connectivity index (χ0v) is 17.8. The second kappa shape index (κ2) is 11.1. The molecule has 0 aromatic carbocycles. The number of allylic oxidation sites excluding steroid dienone is 12. The van der Waals surface area contributed by atoms with Crippen LogP contribution in [0.4, 0.5) is 0 Å². The van der Waals surface area contributed by atoms with Crippen LogP contribution in [0.5, 0.6) is 0 Å². The fourth-order valence-corrected chi connectivity index (χ4v) is 3.34. The highest BCUT2D eigenvalue weighted by Gasteiger charge is 2.31. The summed E-state index contributed by atoms with van der Waals surface area (Å²) >= 11 is 0. The van der Waals surface area contributed by atoms with Crippen molar-refractivity contribution in [3.05, 3.63) is 82.5 Å².